The van der Waals surface area contributed by atoms with Crippen LogP contribution in [0.15, 0.2) is 30.3 Å². The quantitative estimate of drug-likeness (QED) is 0.593. The van der Waals surface area contributed by atoms with Gasteiger partial charge in [0, 0.05) is 18.4 Å². The number of carbonyl (C=O) groups is 1. The van der Waals surface area contributed by atoms with E-state index < -0.39 is 0 Å². The predicted molar refractivity (Wildman–Crippen MR) is 69.4 cm³/mol. The number of hydroxylamine groups is 3. The number of piperidine rings is 2. The Balaban J connectivity index is 1.86. The summed E-state index contributed by atoms with van der Waals surface area (Å²) in [4.78, 5) is 11.7. The third-order valence-corrected chi connectivity index (χ3v) is 4.51. The Bertz CT molecular complexity index is 427. The zero-order valence-electron chi connectivity index (χ0n) is 10.5. The molecule has 2 saturated heterocycles. The van der Waals surface area contributed by atoms with Crippen molar-refractivity contribution in [3.05, 3.63) is 41.1 Å². The molecule has 2 unspecified atom stereocenters. The smallest absolute Gasteiger partial charge is 0.144 e. The molecule has 0 spiro atoms. The second-order valence-corrected chi connectivity index (χ2v) is 5.68. The molecule has 1 aromatic rings. The van der Waals surface area contributed by atoms with Gasteiger partial charge >= 0.3 is 0 Å². The van der Waals surface area contributed by atoms with E-state index in [1.807, 2.05) is 30.3 Å². The number of hydrogen-bond donors (Lipinski definition) is 0. The summed E-state index contributed by atoms with van der Waals surface area (Å²) in [7, 11) is 0. The summed E-state index contributed by atoms with van der Waals surface area (Å²) in [5.74, 6) is 0.294. The minimum atomic E-state index is -0.157. The molecule has 3 heteroatoms. The molecule has 0 saturated carbocycles. The van der Waals surface area contributed by atoms with Crippen LogP contribution in [0.2, 0.25) is 0 Å². The van der Waals surface area contributed by atoms with E-state index in [0.717, 1.165) is 24.8 Å². The van der Waals surface area contributed by atoms with E-state index in [2.05, 4.69) is 0 Å². The van der Waals surface area contributed by atoms with Crippen molar-refractivity contribution in [1.82, 2.24) is 0 Å². The largest absolute Gasteiger partial charge is 0.632 e. The van der Waals surface area contributed by atoms with E-state index in [-0.39, 0.29) is 16.7 Å². The zero-order valence-corrected chi connectivity index (χ0v) is 10.5. The molecule has 2 fully saturated rings. The van der Waals surface area contributed by atoms with E-state index in [9.17, 15) is 10.0 Å². The first kappa shape index (κ1) is 11.9. The number of carbonyl (C=O) groups excluding carboxylic acids is 1. The SMILES string of the molecule is O=C1CC2CCCC(C1)[N+]2([O-])Cc1ccccc1. The second-order valence-electron chi connectivity index (χ2n) is 5.68. The number of benzene rings is 1. The number of quaternary nitrogens is 1. The fourth-order valence-electron chi connectivity index (χ4n) is 3.57. The Labute approximate surface area is 108 Å². The number of hydrogen-bond acceptors (Lipinski definition) is 2. The van der Waals surface area contributed by atoms with Crippen LogP contribution in [0.5, 0.6) is 0 Å². The molecule has 0 radical (unpaired) electrons. The first-order chi connectivity index (χ1) is 8.68. The van der Waals surface area contributed by atoms with Crippen LogP contribution in [0.3, 0.4) is 0 Å². The van der Waals surface area contributed by atoms with E-state index in [1.54, 1.807) is 0 Å². The molecule has 0 amide bonds. The maximum atomic E-state index is 13.2. The van der Waals surface area contributed by atoms with Gasteiger partial charge in [0.25, 0.3) is 0 Å². The Kier molecular flexibility index (Phi) is 2.96. The monoisotopic (exact) mass is 245 g/mol. The molecule has 18 heavy (non-hydrogen) atoms. The average Bonchev–Trinajstić information content (AvgIpc) is 2.32. The second kappa shape index (κ2) is 4.48. The van der Waals surface area contributed by atoms with Crippen LogP contribution in [0.25, 0.3) is 0 Å². The topological polar surface area (TPSA) is 40.1 Å². The Morgan fingerprint density at radius 1 is 1.11 bits per heavy atom. The van der Waals surface area contributed by atoms with E-state index >= 15 is 0 Å². The molecular formula is C15H19NO2. The molecule has 2 aliphatic rings. The summed E-state index contributed by atoms with van der Waals surface area (Å²) in [6.07, 6.45) is 3.93. The molecular weight excluding hydrogens is 226 g/mol. The van der Waals surface area contributed by atoms with Gasteiger partial charge in [0.05, 0.1) is 24.9 Å². The lowest BCUT2D eigenvalue weighted by atomic mass is 9.82. The Hall–Kier alpha value is -1.19. The molecule has 2 heterocycles. The van der Waals surface area contributed by atoms with Crippen LogP contribution in [-0.2, 0) is 11.3 Å². The first-order valence-electron chi connectivity index (χ1n) is 6.82. The molecule has 0 aromatic heterocycles. The van der Waals surface area contributed by atoms with Crippen LogP contribution in [0.1, 0.15) is 37.7 Å². The summed E-state index contributed by atoms with van der Waals surface area (Å²) < 4.78 is -0.157. The van der Waals surface area contributed by atoms with Crippen molar-refractivity contribution < 1.29 is 9.44 Å². The lowest BCUT2D eigenvalue weighted by Gasteiger charge is -2.58. The molecule has 96 valence electrons. The summed E-state index contributed by atoms with van der Waals surface area (Å²) in [5.41, 5.74) is 1.10. The van der Waals surface area contributed by atoms with Crippen molar-refractivity contribution >= 4 is 5.78 Å². The Morgan fingerprint density at radius 3 is 2.33 bits per heavy atom. The maximum Gasteiger partial charge on any atom is 0.144 e. The highest BCUT2D eigenvalue weighted by Gasteiger charge is 2.45. The average molecular weight is 245 g/mol. The van der Waals surface area contributed by atoms with Crippen LogP contribution < -0.4 is 0 Å². The fraction of sp³-hybridized carbons (Fsp3) is 0.533. The van der Waals surface area contributed by atoms with Gasteiger partial charge in [0.15, 0.2) is 0 Å². The predicted octanol–water partition coefficient (Wildman–Crippen LogP) is 2.79. The number of ketones is 1. The normalized spacial score (nSPS) is 35.5. The maximum absolute atomic E-state index is 13.2. The van der Waals surface area contributed by atoms with Gasteiger partial charge in [0.2, 0.25) is 0 Å². The minimum absolute atomic E-state index is 0.00482. The summed E-state index contributed by atoms with van der Waals surface area (Å²) in [5, 5.41) is 13.2. The van der Waals surface area contributed by atoms with Crippen molar-refractivity contribution in [3.63, 3.8) is 0 Å². The summed E-state index contributed by atoms with van der Waals surface area (Å²) >= 11 is 0. The Morgan fingerprint density at radius 2 is 1.72 bits per heavy atom. The highest BCUT2D eigenvalue weighted by molar-refractivity contribution is 5.80. The highest BCUT2D eigenvalue weighted by atomic mass is 16.6. The van der Waals surface area contributed by atoms with Crippen molar-refractivity contribution in [1.29, 1.82) is 0 Å². The standard InChI is InChI=1S/C15H19NO2/c17-15-9-13-7-4-8-14(10-15)16(13,18)11-12-5-2-1-3-6-12/h1-3,5-6,13-14H,4,7-11H2. The van der Waals surface area contributed by atoms with Gasteiger partial charge in [-0.15, -0.1) is 0 Å². The molecule has 0 N–H and O–H groups in total. The van der Waals surface area contributed by atoms with Gasteiger partial charge < -0.3 is 9.85 Å². The van der Waals surface area contributed by atoms with Gasteiger partial charge in [-0.3, -0.25) is 4.79 Å². The van der Waals surface area contributed by atoms with Gasteiger partial charge in [-0.05, 0) is 6.42 Å². The number of nitrogens with zero attached hydrogens (tertiary/aromatic N) is 1. The van der Waals surface area contributed by atoms with Crippen molar-refractivity contribution in [2.75, 3.05) is 0 Å². The first-order valence-corrected chi connectivity index (χ1v) is 6.82. The number of rotatable bonds is 2. The van der Waals surface area contributed by atoms with Gasteiger partial charge in [-0.1, -0.05) is 30.3 Å². The van der Waals surface area contributed by atoms with Crippen molar-refractivity contribution in [2.45, 2.75) is 50.7 Å². The van der Waals surface area contributed by atoms with Gasteiger partial charge in [-0.25, -0.2) is 0 Å². The fourth-order valence-corrected chi connectivity index (χ4v) is 3.57. The molecule has 1 aromatic carbocycles. The third kappa shape index (κ3) is 1.98. The summed E-state index contributed by atoms with van der Waals surface area (Å²) in [6.45, 7) is 0.531. The van der Waals surface area contributed by atoms with Gasteiger partial charge in [-0.2, -0.15) is 0 Å². The van der Waals surface area contributed by atoms with E-state index in [4.69, 9.17) is 0 Å². The van der Waals surface area contributed by atoms with Crippen molar-refractivity contribution in [3.8, 4) is 0 Å². The van der Waals surface area contributed by atoms with E-state index in [0.29, 0.717) is 25.2 Å². The molecule has 3 nitrogen and oxygen atoms in total. The van der Waals surface area contributed by atoms with Crippen LogP contribution >= 0.6 is 0 Å². The third-order valence-electron chi connectivity index (χ3n) is 4.51. The lowest BCUT2D eigenvalue weighted by molar-refractivity contribution is -0.948. The van der Waals surface area contributed by atoms with Crippen LogP contribution in [0.4, 0.5) is 0 Å². The minimum Gasteiger partial charge on any atom is -0.632 e. The van der Waals surface area contributed by atoms with Crippen molar-refractivity contribution in [2.24, 2.45) is 0 Å². The molecule has 2 aliphatic heterocycles. The summed E-state index contributed by atoms with van der Waals surface area (Å²) in [6, 6.07) is 9.97. The lowest BCUT2D eigenvalue weighted by Crippen LogP contribution is -2.62. The van der Waals surface area contributed by atoms with E-state index in [1.165, 1.54) is 0 Å². The van der Waals surface area contributed by atoms with Crippen LogP contribution in [0, 0.1) is 5.21 Å². The zero-order chi connectivity index (χ0) is 12.6. The molecule has 3 rings (SSSR count). The number of fused-ring (bicyclic) bond motifs is 2. The highest BCUT2D eigenvalue weighted by Crippen LogP contribution is 2.40. The molecule has 2 atom stereocenters. The number of Topliss-reactive ketones (excluding diaryl/α,β-unsaturated/α-hetero) is 1. The molecule has 2 bridgehead atoms. The van der Waals surface area contributed by atoms with Gasteiger partial charge in [0.1, 0.15) is 12.3 Å². The van der Waals surface area contributed by atoms with Crippen LogP contribution in [-0.4, -0.2) is 22.5 Å². The molecule has 0 aliphatic carbocycles.